The predicted octanol–water partition coefficient (Wildman–Crippen LogP) is 2.81. The monoisotopic (exact) mass is 441 g/mol. The Morgan fingerprint density at radius 3 is 2.38 bits per heavy atom. The summed E-state index contributed by atoms with van der Waals surface area (Å²) < 4.78 is 13.5. The highest BCUT2D eigenvalue weighted by molar-refractivity contribution is 5.96. The van der Waals surface area contributed by atoms with Gasteiger partial charge < -0.3 is 14.9 Å². The molecule has 2 aromatic rings. The Bertz CT molecular complexity index is 983. The fourth-order valence-electron chi connectivity index (χ4n) is 4.93. The van der Waals surface area contributed by atoms with Gasteiger partial charge in [-0.25, -0.2) is 19.2 Å². The van der Waals surface area contributed by atoms with Crippen molar-refractivity contribution in [3.05, 3.63) is 53.4 Å². The number of aryl methyl sites for hydroxylation is 2. The van der Waals surface area contributed by atoms with E-state index in [4.69, 9.17) is 0 Å². The minimum atomic E-state index is -1.08. The molecular formula is C23H28FN5O3. The van der Waals surface area contributed by atoms with Crippen LogP contribution in [0.15, 0.2) is 30.6 Å². The molecule has 2 fully saturated rings. The first-order chi connectivity index (χ1) is 15.3. The van der Waals surface area contributed by atoms with E-state index in [0.29, 0.717) is 47.4 Å². The Labute approximate surface area is 186 Å². The summed E-state index contributed by atoms with van der Waals surface area (Å²) in [5, 5.41) is 9.50. The number of benzene rings is 1. The van der Waals surface area contributed by atoms with Crippen LogP contribution in [0, 0.1) is 31.5 Å². The van der Waals surface area contributed by atoms with Crippen LogP contribution in [0.3, 0.4) is 0 Å². The van der Waals surface area contributed by atoms with Gasteiger partial charge in [-0.1, -0.05) is 6.07 Å². The number of likely N-dealkylation sites (tertiary alicyclic amines) is 2. The van der Waals surface area contributed by atoms with E-state index in [1.165, 1.54) is 29.4 Å². The molecule has 32 heavy (non-hydrogen) atoms. The van der Waals surface area contributed by atoms with Crippen LogP contribution in [-0.2, 0) is 0 Å². The highest BCUT2D eigenvalue weighted by Crippen LogP contribution is 2.32. The lowest BCUT2D eigenvalue weighted by Crippen LogP contribution is -2.36. The van der Waals surface area contributed by atoms with Crippen molar-refractivity contribution in [2.45, 2.75) is 20.3 Å². The van der Waals surface area contributed by atoms with Crippen molar-refractivity contribution in [1.29, 1.82) is 0 Å². The standard InChI is InChI=1S/C23H28FN5O3/c1-15-21(16(2)26-14-25-15)22(30)28-12-17-10-27(11-18(17)13-28)7-4-8-29(23(31)32)20-6-3-5-19(24)9-20/h3,5-6,9,14,17-18H,4,7-8,10-13H2,1-2H3,(H,31,32). The van der Waals surface area contributed by atoms with Gasteiger partial charge in [0, 0.05) is 38.4 Å². The molecule has 2 aliphatic rings. The van der Waals surface area contributed by atoms with Crippen LogP contribution >= 0.6 is 0 Å². The minimum Gasteiger partial charge on any atom is -0.465 e. The second-order valence-electron chi connectivity index (χ2n) is 8.68. The van der Waals surface area contributed by atoms with Crippen molar-refractivity contribution in [1.82, 2.24) is 19.8 Å². The van der Waals surface area contributed by atoms with Crippen molar-refractivity contribution in [3.63, 3.8) is 0 Å². The molecule has 4 rings (SSSR count). The van der Waals surface area contributed by atoms with Gasteiger partial charge in [0.2, 0.25) is 0 Å². The van der Waals surface area contributed by atoms with Gasteiger partial charge in [-0.05, 0) is 56.8 Å². The first kappa shape index (κ1) is 22.1. The molecule has 9 heteroatoms. The second kappa shape index (κ2) is 9.20. The maximum atomic E-state index is 13.5. The smallest absolute Gasteiger partial charge is 0.411 e. The summed E-state index contributed by atoms with van der Waals surface area (Å²) in [7, 11) is 0. The minimum absolute atomic E-state index is 0.00810. The van der Waals surface area contributed by atoms with Gasteiger partial charge in [-0.15, -0.1) is 0 Å². The molecule has 0 bridgehead atoms. The van der Waals surface area contributed by atoms with Crippen LogP contribution in [0.4, 0.5) is 14.9 Å². The van der Waals surface area contributed by atoms with Crippen molar-refractivity contribution in [3.8, 4) is 0 Å². The summed E-state index contributed by atoms with van der Waals surface area (Å²) in [6, 6.07) is 5.65. The number of carbonyl (C=O) groups excluding carboxylic acids is 1. The quantitative estimate of drug-likeness (QED) is 0.742. The maximum absolute atomic E-state index is 13.5. The Kier molecular flexibility index (Phi) is 6.36. The molecule has 1 aromatic carbocycles. The lowest BCUT2D eigenvalue weighted by Gasteiger charge is -2.24. The van der Waals surface area contributed by atoms with Gasteiger partial charge in [0.1, 0.15) is 12.1 Å². The summed E-state index contributed by atoms with van der Waals surface area (Å²) in [5.41, 5.74) is 2.38. The van der Waals surface area contributed by atoms with Crippen LogP contribution in [0.1, 0.15) is 28.2 Å². The zero-order chi connectivity index (χ0) is 22.8. The van der Waals surface area contributed by atoms with E-state index in [-0.39, 0.29) is 5.91 Å². The van der Waals surface area contributed by atoms with E-state index in [1.54, 1.807) is 6.07 Å². The number of halogens is 1. The largest absolute Gasteiger partial charge is 0.465 e. The Morgan fingerprint density at radius 1 is 1.12 bits per heavy atom. The zero-order valence-electron chi connectivity index (χ0n) is 18.4. The fraction of sp³-hybridized carbons (Fsp3) is 0.478. The fourth-order valence-corrected chi connectivity index (χ4v) is 4.93. The lowest BCUT2D eigenvalue weighted by molar-refractivity contribution is 0.0771. The van der Waals surface area contributed by atoms with Crippen LogP contribution in [-0.4, -0.2) is 76.1 Å². The average molecular weight is 442 g/mol. The van der Waals surface area contributed by atoms with E-state index in [9.17, 15) is 19.1 Å². The summed E-state index contributed by atoms with van der Waals surface area (Å²) in [6.07, 6.45) is 1.06. The number of anilines is 1. The Morgan fingerprint density at radius 2 is 1.78 bits per heavy atom. The molecule has 0 spiro atoms. The van der Waals surface area contributed by atoms with Crippen molar-refractivity contribution < 1.29 is 19.1 Å². The van der Waals surface area contributed by atoms with Crippen LogP contribution in [0.25, 0.3) is 0 Å². The number of fused-ring (bicyclic) bond motifs is 1. The molecule has 2 unspecified atom stereocenters. The maximum Gasteiger partial charge on any atom is 0.411 e. The molecular weight excluding hydrogens is 413 g/mol. The van der Waals surface area contributed by atoms with Gasteiger partial charge >= 0.3 is 6.09 Å². The third kappa shape index (κ3) is 4.57. The van der Waals surface area contributed by atoms with Crippen LogP contribution in [0.2, 0.25) is 0 Å². The number of carbonyl (C=O) groups is 2. The number of amides is 2. The number of nitrogens with zero attached hydrogens (tertiary/aromatic N) is 5. The summed E-state index contributed by atoms with van der Waals surface area (Å²) in [5.74, 6) is 0.396. The molecule has 8 nitrogen and oxygen atoms in total. The molecule has 0 aliphatic carbocycles. The predicted molar refractivity (Wildman–Crippen MR) is 117 cm³/mol. The van der Waals surface area contributed by atoms with Crippen LogP contribution < -0.4 is 4.90 Å². The summed E-state index contributed by atoms with van der Waals surface area (Å²) in [6.45, 7) is 7.98. The third-order valence-electron chi connectivity index (χ3n) is 6.50. The molecule has 1 aromatic heterocycles. The van der Waals surface area contributed by atoms with Gasteiger partial charge in [0.05, 0.1) is 17.0 Å². The number of aromatic nitrogens is 2. The average Bonchev–Trinajstić information content (AvgIpc) is 3.29. The summed E-state index contributed by atoms with van der Waals surface area (Å²) in [4.78, 5) is 38.4. The molecule has 2 aliphatic heterocycles. The molecule has 2 amide bonds. The highest BCUT2D eigenvalue weighted by atomic mass is 19.1. The molecule has 2 atom stereocenters. The van der Waals surface area contributed by atoms with Gasteiger partial charge in [0.15, 0.2) is 0 Å². The molecule has 0 radical (unpaired) electrons. The SMILES string of the molecule is Cc1ncnc(C)c1C(=O)N1CC2CN(CCCN(C(=O)O)c3cccc(F)c3)CC2C1. The zero-order valence-corrected chi connectivity index (χ0v) is 18.4. The van der Waals surface area contributed by atoms with Gasteiger partial charge in [-0.3, -0.25) is 9.69 Å². The number of hydrogen-bond acceptors (Lipinski definition) is 5. The molecule has 0 saturated carbocycles. The van der Waals surface area contributed by atoms with E-state index >= 15 is 0 Å². The van der Waals surface area contributed by atoms with Crippen molar-refractivity contribution >= 4 is 17.7 Å². The number of hydrogen-bond donors (Lipinski definition) is 1. The summed E-state index contributed by atoms with van der Waals surface area (Å²) >= 11 is 0. The number of carboxylic acid groups (broad SMARTS) is 1. The number of rotatable bonds is 6. The van der Waals surface area contributed by atoms with Crippen molar-refractivity contribution in [2.24, 2.45) is 11.8 Å². The lowest BCUT2D eigenvalue weighted by atomic mass is 10.0. The molecule has 2 saturated heterocycles. The highest BCUT2D eigenvalue weighted by Gasteiger charge is 2.42. The van der Waals surface area contributed by atoms with E-state index in [1.807, 2.05) is 18.7 Å². The Balaban J connectivity index is 1.28. The Hall–Kier alpha value is -3.07. The van der Waals surface area contributed by atoms with E-state index in [2.05, 4.69) is 14.9 Å². The normalized spacial score (nSPS) is 20.4. The third-order valence-corrected chi connectivity index (χ3v) is 6.50. The molecule has 1 N–H and O–H groups in total. The molecule has 170 valence electrons. The topological polar surface area (TPSA) is 89.9 Å². The van der Waals surface area contributed by atoms with E-state index < -0.39 is 11.9 Å². The first-order valence-electron chi connectivity index (χ1n) is 10.9. The van der Waals surface area contributed by atoms with E-state index in [0.717, 1.165) is 32.7 Å². The van der Waals surface area contributed by atoms with Crippen molar-refractivity contribution in [2.75, 3.05) is 44.2 Å². The van der Waals surface area contributed by atoms with Crippen LogP contribution in [0.5, 0.6) is 0 Å². The van der Waals surface area contributed by atoms with Gasteiger partial charge in [-0.2, -0.15) is 0 Å². The second-order valence-corrected chi connectivity index (χ2v) is 8.68. The molecule has 3 heterocycles. The first-order valence-corrected chi connectivity index (χ1v) is 10.9. The van der Waals surface area contributed by atoms with Gasteiger partial charge in [0.25, 0.3) is 5.91 Å².